The molecular formula is C16H30N2O2. The predicted octanol–water partition coefficient (Wildman–Crippen LogP) is 1.79. The van der Waals surface area contributed by atoms with Crippen LogP contribution in [-0.2, 0) is 9.47 Å². The molecule has 4 heteroatoms. The van der Waals surface area contributed by atoms with E-state index in [1.165, 1.54) is 38.6 Å². The van der Waals surface area contributed by atoms with E-state index in [0.29, 0.717) is 11.6 Å². The largest absolute Gasteiger partial charge is 0.378 e. The van der Waals surface area contributed by atoms with Gasteiger partial charge in [0, 0.05) is 51.4 Å². The summed E-state index contributed by atoms with van der Waals surface area (Å²) in [5, 5.41) is 3.86. The molecular weight excluding hydrogens is 252 g/mol. The van der Waals surface area contributed by atoms with E-state index in [0.717, 1.165) is 32.7 Å². The summed E-state index contributed by atoms with van der Waals surface area (Å²) >= 11 is 0. The fourth-order valence-electron chi connectivity index (χ4n) is 4.18. The van der Waals surface area contributed by atoms with Crippen LogP contribution in [0.1, 0.15) is 45.4 Å². The Bertz CT molecular complexity index is 322. The van der Waals surface area contributed by atoms with Gasteiger partial charge in [-0.25, -0.2) is 0 Å². The van der Waals surface area contributed by atoms with Crippen molar-refractivity contribution in [3.63, 3.8) is 0 Å². The van der Waals surface area contributed by atoms with Gasteiger partial charge in [-0.15, -0.1) is 0 Å². The van der Waals surface area contributed by atoms with Gasteiger partial charge in [0.25, 0.3) is 0 Å². The van der Waals surface area contributed by atoms with Crippen LogP contribution in [0.15, 0.2) is 0 Å². The van der Waals surface area contributed by atoms with Crippen LogP contribution < -0.4 is 5.32 Å². The Hall–Kier alpha value is -0.160. The van der Waals surface area contributed by atoms with Crippen molar-refractivity contribution in [3.8, 4) is 0 Å². The van der Waals surface area contributed by atoms with Crippen LogP contribution in [0.3, 0.4) is 0 Å². The van der Waals surface area contributed by atoms with E-state index in [9.17, 15) is 0 Å². The van der Waals surface area contributed by atoms with Crippen molar-refractivity contribution in [2.75, 3.05) is 40.0 Å². The molecule has 2 heterocycles. The molecule has 4 nitrogen and oxygen atoms in total. The van der Waals surface area contributed by atoms with Gasteiger partial charge in [0.05, 0.1) is 6.61 Å². The van der Waals surface area contributed by atoms with Crippen molar-refractivity contribution in [2.45, 2.75) is 62.6 Å². The summed E-state index contributed by atoms with van der Waals surface area (Å²) in [6.45, 7) is 7.25. The molecule has 0 radical (unpaired) electrons. The number of methoxy groups -OCH3 is 1. The first kappa shape index (κ1) is 14.8. The van der Waals surface area contributed by atoms with Gasteiger partial charge in [0.1, 0.15) is 5.60 Å². The van der Waals surface area contributed by atoms with E-state index in [2.05, 4.69) is 17.1 Å². The van der Waals surface area contributed by atoms with Gasteiger partial charge in [-0.2, -0.15) is 0 Å². The second kappa shape index (κ2) is 5.91. The number of nitrogens with one attached hydrogen (secondary N) is 1. The highest BCUT2D eigenvalue weighted by molar-refractivity contribution is 5.01. The molecule has 0 aromatic rings. The number of ether oxygens (including phenoxy) is 2. The fourth-order valence-corrected chi connectivity index (χ4v) is 4.18. The van der Waals surface area contributed by atoms with Crippen LogP contribution in [-0.4, -0.2) is 62.0 Å². The molecule has 1 spiro atoms. The van der Waals surface area contributed by atoms with E-state index in [4.69, 9.17) is 9.47 Å². The Morgan fingerprint density at radius 3 is 2.70 bits per heavy atom. The first-order valence-corrected chi connectivity index (χ1v) is 8.29. The molecule has 1 N–H and O–H groups in total. The van der Waals surface area contributed by atoms with E-state index in [-0.39, 0.29) is 5.60 Å². The summed E-state index contributed by atoms with van der Waals surface area (Å²) in [5.74, 6) is 0. The van der Waals surface area contributed by atoms with Crippen molar-refractivity contribution in [1.82, 2.24) is 10.2 Å². The Labute approximate surface area is 123 Å². The van der Waals surface area contributed by atoms with E-state index >= 15 is 0 Å². The third-order valence-corrected chi connectivity index (χ3v) is 5.70. The maximum Gasteiger partial charge on any atom is 0.106 e. The molecule has 0 bridgehead atoms. The monoisotopic (exact) mass is 282 g/mol. The predicted molar refractivity (Wildman–Crippen MR) is 80.0 cm³/mol. The number of piperazine rings is 1. The van der Waals surface area contributed by atoms with Gasteiger partial charge in [0.2, 0.25) is 0 Å². The van der Waals surface area contributed by atoms with Crippen molar-refractivity contribution in [3.05, 3.63) is 0 Å². The number of hydrogen-bond acceptors (Lipinski definition) is 4. The average Bonchev–Trinajstić information content (AvgIpc) is 2.93. The molecule has 20 heavy (non-hydrogen) atoms. The molecule has 2 aliphatic heterocycles. The molecule has 3 fully saturated rings. The topological polar surface area (TPSA) is 33.7 Å². The molecule has 2 atom stereocenters. The van der Waals surface area contributed by atoms with Crippen LogP contribution in [0.5, 0.6) is 0 Å². The lowest BCUT2D eigenvalue weighted by atomic mass is 9.79. The zero-order valence-electron chi connectivity index (χ0n) is 13.1. The van der Waals surface area contributed by atoms with Crippen molar-refractivity contribution in [1.29, 1.82) is 0 Å². The Morgan fingerprint density at radius 1 is 1.25 bits per heavy atom. The number of hydrogen-bond donors (Lipinski definition) is 1. The van der Waals surface area contributed by atoms with Gasteiger partial charge in [-0.3, -0.25) is 4.90 Å². The second-order valence-corrected chi connectivity index (χ2v) is 7.17. The zero-order chi connectivity index (χ0) is 14.1. The normalized spacial score (nSPS) is 38.4. The molecule has 0 aromatic carbocycles. The molecule has 1 saturated carbocycles. The highest BCUT2D eigenvalue weighted by Gasteiger charge is 2.43. The highest BCUT2D eigenvalue weighted by atomic mass is 16.5. The SMILES string of the molecule is COC1(CN2CC3(CCCCC3)NCC2C)CCOC1. The second-order valence-electron chi connectivity index (χ2n) is 7.17. The lowest BCUT2D eigenvalue weighted by molar-refractivity contribution is -0.0624. The van der Waals surface area contributed by atoms with Gasteiger partial charge < -0.3 is 14.8 Å². The zero-order valence-corrected chi connectivity index (χ0v) is 13.1. The molecule has 2 saturated heterocycles. The van der Waals surface area contributed by atoms with E-state index in [1.807, 2.05) is 7.11 Å². The van der Waals surface area contributed by atoms with E-state index < -0.39 is 0 Å². The smallest absolute Gasteiger partial charge is 0.106 e. The third-order valence-electron chi connectivity index (χ3n) is 5.70. The number of rotatable bonds is 3. The lowest BCUT2D eigenvalue weighted by Crippen LogP contribution is -2.66. The van der Waals surface area contributed by atoms with Crippen LogP contribution >= 0.6 is 0 Å². The molecule has 2 unspecified atom stereocenters. The minimum Gasteiger partial charge on any atom is -0.378 e. The van der Waals surface area contributed by atoms with Crippen LogP contribution in [0.4, 0.5) is 0 Å². The van der Waals surface area contributed by atoms with E-state index in [1.54, 1.807) is 0 Å². The van der Waals surface area contributed by atoms with Crippen LogP contribution in [0.25, 0.3) is 0 Å². The number of nitrogens with zero attached hydrogens (tertiary/aromatic N) is 1. The minimum absolute atomic E-state index is 0.0680. The summed E-state index contributed by atoms with van der Waals surface area (Å²) in [6, 6.07) is 0.593. The average molecular weight is 282 g/mol. The summed E-state index contributed by atoms with van der Waals surface area (Å²) in [7, 11) is 1.85. The Balaban J connectivity index is 1.67. The Kier molecular flexibility index (Phi) is 4.37. The molecule has 3 aliphatic rings. The van der Waals surface area contributed by atoms with Gasteiger partial charge in [-0.1, -0.05) is 19.3 Å². The standard InChI is InChI=1S/C16H30N2O2/c1-14-10-17-15(6-4-3-5-7-15)11-18(14)12-16(19-2)8-9-20-13-16/h14,17H,3-13H2,1-2H3. The summed E-state index contributed by atoms with van der Waals surface area (Å²) in [6.07, 6.45) is 7.89. The van der Waals surface area contributed by atoms with Crippen molar-refractivity contribution in [2.24, 2.45) is 0 Å². The van der Waals surface area contributed by atoms with Crippen LogP contribution in [0.2, 0.25) is 0 Å². The maximum absolute atomic E-state index is 5.84. The fraction of sp³-hybridized carbons (Fsp3) is 1.00. The molecule has 116 valence electrons. The molecule has 0 aromatic heterocycles. The summed E-state index contributed by atoms with van der Waals surface area (Å²) in [5.41, 5.74) is 0.306. The van der Waals surface area contributed by atoms with Gasteiger partial charge >= 0.3 is 0 Å². The lowest BCUT2D eigenvalue weighted by Gasteiger charge is -2.50. The summed E-state index contributed by atoms with van der Waals surface area (Å²) < 4.78 is 11.4. The van der Waals surface area contributed by atoms with Crippen LogP contribution in [0, 0.1) is 0 Å². The van der Waals surface area contributed by atoms with Crippen molar-refractivity contribution >= 4 is 0 Å². The maximum atomic E-state index is 5.84. The first-order chi connectivity index (χ1) is 9.67. The highest BCUT2D eigenvalue weighted by Crippen LogP contribution is 2.33. The minimum atomic E-state index is -0.0680. The van der Waals surface area contributed by atoms with Gasteiger partial charge in [-0.05, 0) is 19.8 Å². The third kappa shape index (κ3) is 2.89. The van der Waals surface area contributed by atoms with Gasteiger partial charge in [0.15, 0.2) is 0 Å². The first-order valence-electron chi connectivity index (χ1n) is 8.29. The molecule has 1 aliphatic carbocycles. The van der Waals surface area contributed by atoms with Crippen molar-refractivity contribution < 1.29 is 9.47 Å². The summed E-state index contributed by atoms with van der Waals surface area (Å²) in [4.78, 5) is 2.65. The molecule has 0 amide bonds. The quantitative estimate of drug-likeness (QED) is 0.856. The Morgan fingerprint density at radius 2 is 2.05 bits per heavy atom. The molecule has 3 rings (SSSR count).